The maximum Gasteiger partial charge on any atom is 0.226 e. The van der Waals surface area contributed by atoms with Gasteiger partial charge in [-0.05, 0) is 24.6 Å². The number of rotatable bonds is 4. The third kappa shape index (κ3) is 4.54. The minimum absolute atomic E-state index is 0.0655. The first-order valence-corrected chi connectivity index (χ1v) is 6.01. The summed E-state index contributed by atoms with van der Waals surface area (Å²) in [6.45, 7) is 1.96. The molecule has 1 N–H and O–H groups in total. The predicted octanol–water partition coefficient (Wildman–Crippen LogP) is 2.38. The minimum atomic E-state index is -0.530. The van der Waals surface area contributed by atoms with Gasteiger partial charge >= 0.3 is 0 Å². The molecule has 0 spiro atoms. The Morgan fingerprint density at radius 1 is 1.41 bits per heavy atom. The van der Waals surface area contributed by atoms with Crippen molar-refractivity contribution in [3.05, 3.63) is 33.8 Å². The van der Waals surface area contributed by atoms with E-state index in [4.69, 9.17) is 23.2 Å². The summed E-state index contributed by atoms with van der Waals surface area (Å²) < 4.78 is 0. The molecule has 0 radical (unpaired) electrons. The summed E-state index contributed by atoms with van der Waals surface area (Å²) in [5.41, 5.74) is 0.807. The van der Waals surface area contributed by atoms with E-state index in [1.54, 1.807) is 32.2 Å². The summed E-state index contributed by atoms with van der Waals surface area (Å²) in [6, 6.07) is 5.11. The average Bonchev–Trinajstić information content (AvgIpc) is 2.22. The highest BCUT2D eigenvalue weighted by molar-refractivity contribution is 6.42. The molecule has 1 aromatic rings. The van der Waals surface area contributed by atoms with E-state index in [0.717, 1.165) is 5.56 Å². The Hall–Kier alpha value is -0.770. The molecule has 1 aromatic carbocycles. The van der Waals surface area contributed by atoms with Crippen LogP contribution in [0.15, 0.2) is 18.2 Å². The smallest absolute Gasteiger partial charge is 0.226 e. The monoisotopic (exact) mass is 275 g/mol. The topological polar surface area (TPSA) is 40.5 Å². The van der Waals surface area contributed by atoms with E-state index in [1.807, 2.05) is 0 Å². The molecule has 5 heteroatoms. The van der Waals surface area contributed by atoms with Crippen LogP contribution in [0.3, 0.4) is 0 Å². The molecule has 94 valence electrons. The Morgan fingerprint density at radius 2 is 2.06 bits per heavy atom. The Bertz CT molecular complexity index is 407. The van der Waals surface area contributed by atoms with Crippen LogP contribution in [0.5, 0.6) is 0 Å². The second-order valence-corrected chi connectivity index (χ2v) is 4.86. The molecule has 0 aromatic heterocycles. The molecular weight excluding hydrogens is 261 g/mol. The fourth-order valence-electron chi connectivity index (χ4n) is 1.46. The Morgan fingerprint density at radius 3 is 2.59 bits per heavy atom. The van der Waals surface area contributed by atoms with E-state index < -0.39 is 6.10 Å². The van der Waals surface area contributed by atoms with Gasteiger partial charge in [-0.2, -0.15) is 0 Å². The number of amides is 1. The highest BCUT2D eigenvalue weighted by Gasteiger charge is 2.12. The van der Waals surface area contributed by atoms with Crippen LogP contribution >= 0.6 is 23.2 Å². The number of aliphatic hydroxyl groups is 1. The Kier molecular flexibility index (Phi) is 5.25. The van der Waals surface area contributed by atoms with E-state index in [0.29, 0.717) is 16.6 Å². The summed E-state index contributed by atoms with van der Waals surface area (Å²) in [5.74, 6) is -0.0655. The van der Waals surface area contributed by atoms with Crippen molar-refractivity contribution in [2.45, 2.75) is 19.4 Å². The largest absolute Gasteiger partial charge is 0.392 e. The molecule has 0 aliphatic carbocycles. The third-order valence-electron chi connectivity index (χ3n) is 2.30. The lowest BCUT2D eigenvalue weighted by molar-refractivity contribution is -0.130. The van der Waals surface area contributed by atoms with Gasteiger partial charge < -0.3 is 10.0 Å². The van der Waals surface area contributed by atoms with Crippen LogP contribution in [-0.2, 0) is 11.2 Å². The van der Waals surface area contributed by atoms with E-state index >= 15 is 0 Å². The summed E-state index contributed by atoms with van der Waals surface area (Å²) in [4.78, 5) is 13.3. The number of benzene rings is 1. The molecule has 1 unspecified atom stereocenters. The average molecular weight is 276 g/mol. The van der Waals surface area contributed by atoms with Crippen molar-refractivity contribution in [2.24, 2.45) is 0 Å². The molecule has 0 heterocycles. The number of halogens is 2. The lowest BCUT2D eigenvalue weighted by Gasteiger charge is -2.18. The molecule has 1 amide bonds. The van der Waals surface area contributed by atoms with Crippen LogP contribution in [0.1, 0.15) is 12.5 Å². The molecule has 17 heavy (non-hydrogen) atoms. The molecule has 0 saturated carbocycles. The molecule has 0 fully saturated rings. The number of hydrogen-bond donors (Lipinski definition) is 1. The van der Waals surface area contributed by atoms with Gasteiger partial charge in [0.05, 0.1) is 22.6 Å². The molecule has 0 bridgehead atoms. The van der Waals surface area contributed by atoms with E-state index in [2.05, 4.69) is 0 Å². The van der Waals surface area contributed by atoms with Crippen LogP contribution in [0.2, 0.25) is 10.0 Å². The van der Waals surface area contributed by atoms with Gasteiger partial charge in [0.25, 0.3) is 0 Å². The van der Waals surface area contributed by atoms with Crippen molar-refractivity contribution in [3.8, 4) is 0 Å². The second-order valence-electron chi connectivity index (χ2n) is 4.05. The van der Waals surface area contributed by atoms with Crippen molar-refractivity contribution in [3.63, 3.8) is 0 Å². The first-order valence-electron chi connectivity index (χ1n) is 5.26. The third-order valence-corrected chi connectivity index (χ3v) is 3.04. The van der Waals surface area contributed by atoms with Crippen molar-refractivity contribution < 1.29 is 9.90 Å². The SMILES string of the molecule is CC(O)CN(C)C(=O)Cc1ccc(Cl)c(Cl)c1. The first kappa shape index (κ1) is 14.3. The zero-order chi connectivity index (χ0) is 13.0. The highest BCUT2D eigenvalue weighted by atomic mass is 35.5. The standard InChI is InChI=1S/C12H15Cl2NO2/c1-8(16)7-15(2)12(17)6-9-3-4-10(13)11(14)5-9/h3-5,8,16H,6-7H2,1-2H3. The lowest BCUT2D eigenvalue weighted by atomic mass is 10.1. The number of aliphatic hydroxyl groups excluding tert-OH is 1. The van der Waals surface area contributed by atoms with E-state index in [1.165, 1.54) is 4.90 Å². The quantitative estimate of drug-likeness (QED) is 0.917. The number of carbonyl (C=O) groups is 1. The van der Waals surface area contributed by atoms with Crippen LogP contribution in [0, 0.1) is 0 Å². The van der Waals surface area contributed by atoms with Crippen molar-refractivity contribution in [1.82, 2.24) is 4.90 Å². The molecular formula is C12H15Cl2NO2. The summed E-state index contributed by atoms with van der Waals surface area (Å²) in [6.07, 6.45) is -0.280. The van der Waals surface area contributed by atoms with Gasteiger partial charge in [-0.25, -0.2) is 0 Å². The van der Waals surface area contributed by atoms with Gasteiger partial charge in [-0.1, -0.05) is 29.3 Å². The van der Waals surface area contributed by atoms with Gasteiger partial charge in [-0.15, -0.1) is 0 Å². The van der Waals surface area contributed by atoms with E-state index in [-0.39, 0.29) is 12.3 Å². The summed E-state index contributed by atoms with van der Waals surface area (Å²) >= 11 is 11.7. The van der Waals surface area contributed by atoms with Gasteiger partial charge in [0.2, 0.25) is 5.91 Å². The Labute approximate surface area is 111 Å². The zero-order valence-corrected chi connectivity index (χ0v) is 11.3. The maximum atomic E-state index is 11.8. The van der Waals surface area contributed by atoms with Crippen LogP contribution in [-0.4, -0.2) is 35.6 Å². The number of likely N-dealkylation sites (N-methyl/N-ethyl adjacent to an activating group) is 1. The molecule has 1 rings (SSSR count). The zero-order valence-electron chi connectivity index (χ0n) is 9.78. The summed E-state index contributed by atoms with van der Waals surface area (Å²) in [5, 5.41) is 10.1. The maximum absolute atomic E-state index is 11.8. The second kappa shape index (κ2) is 6.24. The normalized spacial score (nSPS) is 12.3. The molecule has 1 atom stereocenters. The molecule has 3 nitrogen and oxygen atoms in total. The van der Waals surface area contributed by atoms with Gasteiger partial charge in [-0.3, -0.25) is 4.79 Å². The minimum Gasteiger partial charge on any atom is -0.392 e. The van der Waals surface area contributed by atoms with Crippen LogP contribution in [0.4, 0.5) is 0 Å². The first-order chi connectivity index (χ1) is 7.90. The summed E-state index contributed by atoms with van der Waals surface area (Å²) in [7, 11) is 1.66. The predicted molar refractivity (Wildman–Crippen MR) is 69.5 cm³/mol. The fourth-order valence-corrected chi connectivity index (χ4v) is 1.78. The fraction of sp³-hybridized carbons (Fsp3) is 0.417. The van der Waals surface area contributed by atoms with Gasteiger partial charge in [0, 0.05) is 13.6 Å². The van der Waals surface area contributed by atoms with Crippen molar-refractivity contribution in [2.75, 3.05) is 13.6 Å². The van der Waals surface area contributed by atoms with E-state index in [9.17, 15) is 9.90 Å². The molecule has 0 aliphatic heterocycles. The molecule has 0 aliphatic rings. The van der Waals surface area contributed by atoms with Crippen LogP contribution < -0.4 is 0 Å². The number of hydrogen-bond acceptors (Lipinski definition) is 2. The van der Waals surface area contributed by atoms with Gasteiger partial charge in [0.1, 0.15) is 0 Å². The Balaban J connectivity index is 2.64. The number of carbonyl (C=O) groups excluding carboxylic acids is 1. The highest BCUT2D eigenvalue weighted by Crippen LogP contribution is 2.22. The van der Waals surface area contributed by atoms with Crippen molar-refractivity contribution in [1.29, 1.82) is 0 Å². The van der Waals surface area contributed by atoms with Gasteiger partial charge in [0.15, 0.2) is 0 Å². The van der Waals surface area contributed by atoms with Crippen LogP contribution in [0.25, 0.3) is 0 Å². The van der Waals surface area contributed by atoms with Crippen molar-refractivity contribution >= 4 is 29.1 Å². The molecule has 0 saturated heterocycles. The lowest BCUT2D eigenvalue weighted by Crippen LogP contribution is -2.34. The number of nitrogens with zero attached hydrogens (tertiary/aromatic N) is 1.